The summed E-state index contributed by atoms with van der Waals surface area (Å²) in [6.07, 6.45) is 1.04. The van der Waals surface area contributed by atoms with Crippen molar-refractivity contribution in [3.63, 3.8) is 0 Å². The van der Waals surface area contributed by atoms with E-state index in [9.17, 15) is 0 Å². The molecular formula is C14H19N3S. The molecule has 0 bridgehead atoms. The Balaban J connectivity index is 2.24. The number of nitrogens with zero attached hydrogens (tertiary/aromatic N) is 2. The van der Waals surface area contributed by atoms with Gasteiger partial charge in [-0.05, 0) is 26.0 Å². The number of aromatic nitrogens is 2. The average Bonchev–Trinajstić information content (AvgIpc) is 2.85. The van der Waals surface area contributed by atoms with Gasteiger partial charge in [0.2, 0.25) is 0 Å². The third-order valence-corrected chi connectivity index (χ3v) is 3.95. The van der Waals surface area contributed by atoms with Gasteiger partial charge in [-0.15, -0.1) is 10.2 Å². The van der Waals surface area contributed by atoms with E-state index in [2.05, 4.69) is 60.6 Å². The highest BCUT2D eigenvalue weighted by molar-refractivity contribution is 7.14. The zero-order chi connectivity index (χ0) is 13.0. The van der Waals surface area contributed by atoms with Gasteiger partial charge in [0.15, 0.2) is 0 Å². The quantitative estimate of drug-likeness (QED) is 0.894. The van der Waals surface area contributed by atoms with Crippen LogP contribution in [0.5, 0.6) is 0 Å². The highest BCUT2D eigenvalue weighted by atomic mass is 32.1. The summed E-state index contributed by atoms with van der Waals surface area (Å²) in [4.78, 5) is 0. The standard InChI is InChI=1S/C14H19N3S/c1-4-12(15-5-2)14-17-16-13(18-14)11-8-6-7-10(3)9-11/h6-9,12,15H,4-5H2,1-3H3. The minimum absolute atomic E-state index is 0.325. The van der Waals surface area contributed by atoms with Crippen molar-refractivity contribution >= 4 is 11.3 Å². The smallest absolute Gasteiger partial charge is 0.147 e. The van der Waals surface area contributed by atoms with Crippen molar-refractivity contribution in [2.75, 3.05) is 6.54 Å². The first-order valence-electron chi connectivity index (χ1n) is 6.38. The number of nitrogens with one attached hydrogen (secondary N) is 1. The summed E-state index contributed by atoms with van der Waals surface area (Å²) >= 11 is 1.68. The molecule has 4 heteroatoms. The summed E-state index contributed by atoms with van der Waals surface area (Å²) in [7, 11) is 0. The van der Waals surface area contributed by atoms with Crippen molar-refractivity contribution in [2.45, 2.75) is 33.2 Å². The molecule has 0 fully saturated rings. The Morgan fingerprint density at radius 2 is 2.11 bits per heavy atom. The predicted molar refractivity (Wildman–Crippen MR) is 76.8 cm³/mol. The van der Waals surface area contributed by atoms with E-state index >= 15 is 0 Å². The van der Waals surface area contributed by atoms with Gasteiger partial charge in [-0.1, -0.05) is 48.9 Å². The van der Waals surface area contributed by atoms with E-state index in [1.807, 2.05) is 0 Å². The van der Waals surface area contributed by atoms with Gasteiger partial charge in [-0.2, -0.15) is 0 Å². The second-order valence-electron chi connectivity index (χ2n) is 4.33. The normalized spacial score (nSPS) is 12.6. The van der Waals surface area contributed by atoms with E-state index in [0.29, 0.717) is 6.04 Å². The number of aryl methyl sites for hydroxylation is 1. The second-order valence-corrected chi connectivity index (χ2v) is 5.34. The third kappa shape index (κ3) is 2.94. The van der Waals surface area contributed by atoms with Gasteiger partial charge < -0.3 is 5.32 Å². The molecule has 2 aromatic rings. The molecule has 2 rings (SSSR count). The molecule has 0 amide bonds. The number of benzene rings is 1. The molecule has 0 spiro atoms. The van der Waals surface area contributed by atoms with Crippen LogP contribution in [0, 0.1) is 6.92 Å². The SMILES string of the molecule is CCNC(CC)c1nnc(-c2cccc(C)c2)s1. The Morgan fingerprint density at radius 1 is 1.28 bits per heavy atom. The maximum atomic E-state index is 4.32. The third-order valence-electron chi connectivity index (χ3n) is 2.86. The van der Waals surface area contributed by atoms with E-state index < -0.39 is 0 Å². The van der Waals surface area contributed by atoms with Gasteiger partial charge >= 0.3 is 0 Å². The Labute approximate surface area is 112 Å². The fourth-order valence-electron chi connectivity index (χ4n) is 1.92. The first kappa shape index (κ1) is 13.2. The average molecular weight is 261 g/mol. The summed E-state index contributed by atoms with van der Waals surface area (Å²) in [6, 6.07) is 8.72. The van der Waals surface area contributed by atoms with Crippen molar-refractivity contribution in [1.29, 1.82) is 0 Å². The molecule has 0 saturated heterocycles. The molecule has 1 N–H and O–H groups in total. The number of hydrogen-bond donors (Lipinski definition) is 1. The largest absolute Gasteiger partial charge is 0.308 e. The zero-order valence-electron chi connectivity index (χ0n) is 11.1. The molecule has 1 unspecified atom stereocenters. The fourth-order valence-corrected chi connectivity index (χ4v) is 2.92. The van der Waals surface area contributed by atoms with Gasteiger partial charge in [-0.3, -0.25) is 0 Å². The minimum Gasteiger partial charge on any atom is -0.308 e. The summed E-state index contributed by atoms with van der Waals surface area (Å²) in [5.41, 5.74) is 2.41. The highest BCUT2D eigenvalue weighted by Gasteiger charge is 2.14. The Kier molecular flexibility index (Phi) is 4.44. The van der Waals surface area contributed by atoms with Crippen molar-refractivity contribution in [3.8, 4) is 10.6 Å². The monoisotopic (exact) mass is 261 g/mol. The van der Waals surface area contributed by atoms with Crippen LogP contribution in [0.25, 0.3) is 10.6 Å². The Hall–Kier alpha value is -1.26. The molecule has 1 atom stereocenters. The lowest BCUT2D eigenvalue weighted by molar-refractivity contribution is 0.531. The highest BCUT2D eigenvalue weighted by Crippen LogP contribution is 2.28. The zero-order valence-corrected chi connectivity index (χ0v) is 11.9. The molecule has 18 heavy (non-hydrogen) atoms. The van der Waals surface area contributed by atoms with Gasteiger partial charge in [0.25, 0.3) is 0 Å². The lowest BCUT2D eigenvalue weighted by Crippen LogP contribution is -2.19. The fraction of sp³-hybridized carbons (Fsp3) is 0.429. The Bertz CT molecular complexity index is 507. The summed E-state index contributed by atoms with van der Waals surface area (Å²) in [6.45, 7) is 7.34. The summed E-state index contributed by atoms with van der Waals surface area (Å²) in [5, 5.41) is 14.1. The van der Waals surface area contributed by atoms with Crippen LogP contribution in [0.2, 0.25) is 0 Å². The van der Waals surface area contributed by atoms with Crippen LogP contribution in [-0.2, 0) is 0 Å². The molecule has 3 nitrogen and oxygen atoms in total. The van der Waals surface area contributed by atoms with Gasteiger partial charge in [0, 0.05) is 5.56 Å². The van der Waals surface area contributed by atoms with E-state index in [1.165, 1.54) is 5.56 Å². The molecular weight excluding hydrogens is 242 g/mol. The van der Waals surface area contributed by atoms with Crippen LogP contribution in [0.3, 0.4) is 0 Å². The molecule has 0 saturated carbocycles. The summed E-state index contributed by atoms with van der Waals surface area (Å²) in [5.74, 6) is 0. The van der Waals surface area contributed by atoms with Crippen LogP contribution in [0.1, 0.15) is 36.9 Å². The van der Waals surface area contributed by atoms with E-state index in [0.717, 1.165) is 28.5 Å². The van der Waals surface area contributed by atoms with Crippen LogP contribution in [0.15, 0.2) is 24.3 Å². The maximum absolute atomic E-state index is 4.32. The second kappa shape index (κ2) is 6.07. The van der Waals surface area contributed by atoms with Crippen molar-refractivity contribution in [2.24, 2.45) is 0 Å². The number of rotatable bonds is 5. The van der Waals surface area contributed by atoms with Gasteiger partial charge in [-0.25, -0.2) is 0 Å². The van der Waals surface area contributed by atoms with E-state index in [1.54, 1.807) is 11.3 Å². The Morgan fingerprint density at radius 3 is 2.78 bits per heavy atom. The lowest BCUT2D eigenvalue weighted by Gasteiger charge is -2.10. The first-order valence-corrected chi connectivity index (χ1v) is 7.20. The molecule has 96 valence electrons. The van der Waals surface area contributed by atoms with Crippen LogP contribution >= 0.6 is 11.3 Å². The van der Waals surface area contributed by atoms with Crippen LogP contribution < -0.4 is 5.32 Å². The van der Waals surface area contributed by atoms with Crippen LogP contribution in [0.4, 0.5) is 0 Å². The minimum atomic E-state index is 0.325. The van der Waals surface area contributed by atoms with Gasteiger partial charge in [0.05, 0.1) is 6.04 Å². The number of hydrogen-bond acceptors (Lipinski definition) is 4. The first-order chi connectivity index (χ1) is 8.74. The molecule has 0 radical (unpaired) electrons. The molecule has 0 aliphatic heterocycles. The lowest BCUT2D eigenvalue weighted by atomic mass is 10.1. The predicted octanol–water partition coefficient (Wildman–Crippen LogP) is 3.57. The van der Waals surface area contributed by atoms with Crippen molar-refractivity contribution in [3.05, 3.63) is 34.8 Å². The molecule has 1 heterocycles. The molecule has 1 aromatic heterocycles. The molecule has 0 aliphatic carbocycles. The summed E-state index contributed by atoms with van der Waals surface area (Å²) < 4.78 is 0. The van der Waals surface area contributed by atoms with Crippen molar-refractivity contribution < 1.29 is 0 Å². The molecule has 1 aromatic carbocycles. The topological polar surface area (TPSA) is 37.8 Å². The van der Waals surface area contributed by atoms with Crippen LogP contribution in [-0.4, -0.2) is 16.7 Å². The maximum Gasteiger partial charge on any atom is 0.147 e. The van der Waals surface area contributed by atoms with Crippen molar-refractivity contribution in [1.82, 2.24) is 15.5 Å². The van der Waals surface area contributed by atoms with E-state index in [-0.39, 0.29) is 0 Å². The van der Waals surface area contributed by atoms with E-state index in [4.69, 9.17) is 0 Å². The van der Waals surface area contributed by atoms with Gasteiger partial charge in [0.1, 0.15) is 10.0 Å². The molecule has 0 aliphatic rings.